The summed E-state index contributed by atoms with van der Waals surface area (Å²) < 4.78 is 0. The number of hydrogen-bond donors (Lipinski definition) is 3. The van der Waals surface area contributed by atoms with Crippen LogP contribution in [0.4, 0.5) is 17.8 Å². The average Bonchev–Trinajstić information content (AvgIpc) is 2.42. The summed E-state index contributed by atoms with van der Waals surface area (Å²) in [6.45, 7) is 3.31. The summed E-state index contributed by atoms with van der Waals surface area (Å²) in [5, 5.41) is 3.39. The first-order chi connectivity index (χ1) is 9.49. The number of aromatic nitrogens is 3. The first-order valence-electron chi connectivity index (χ1n) is 6.86. The van der Waals surface area contributed by atoms with E-state index in [0.29, 0.717) is 29.9 Å². The summed E-state index contributed by atoms with van der Waals surface area (Å²) in [5.74, 6) is 6.92. The first kappa shape index (κ1) is 14.7. The van der Waals surface area contributed by atoms with Crippen LogP contribution in [0.15, 0.2) is 0 Å². The van der Waals surface area contributed by atoms with Crippen LogP contribution in [-0.4, -0.2) is 59.6 Å². The van der Waals surface area contributed by atoms with E-state index in [-0.39, 0.29) is 0 Å². The van der Waals surface area contributed by atoms with Crippen molar-refractivity contribution in [2.45, 2.75) is 31.8 Å². The molecular formula is C12H24N8. The van der Waals surface area contributed by atoms with Crippen LogP contribution in [0.2, 0.25) is 0 Å². The molecule has 0 spiro atoms. The third-order valence-corrected chi connectivity index (χ3v) is 3.69. The van der Waals surface area contributed by atoms with Gasteiger partial charge in [-0.3, -0.25) is 5.43 Å². The van der Waals surface area contributed by atoms with E-state index in [9.17, 15) is 0 Å². The van der Waals surface area contributed by atoms with Crippen LogP contribution in [0.3, 0.4) is 0 Å². The van der Waals surface area contributed by atoms with Crippen molar-refractivity contribution < 1.29 is 0 Å². The SMILES string of the molecule is CC1CC(Nc2nc(NN)nc(N(C)C)n2)CCN1C. The molecule has 0 aromatic carbocycles. The van der Waals surface area contributed by atoms with E-state index < -0.39 is 0 Å². The first-order valence-corrected chi connectivity index (χ1v) is 6.86. The Morgan fingerprint density at radius 2 is 1.95 bits per heavy atom. The van der Waals surface area contributed by atoms with Gasteiger partial charge in [0.2, 0.25) is 17.8 Å². The zero-order chi connectivity index (χ0) is 14.7. The molecule has 8 nitrogen and oxygen atoms in total. The Morgan fingerprint density at radius 1 is 1.25 bits per heavy atom. The molecule has 0 bridgehead atoms. The third kappa shape index (κ3) is 3.45. The van der Waals surface area contributed by atoms with E-state index in [1.807, 2.05) is 19.0 Å². The second-order valence-corrected chi connectivity index (χ2v) is 5.52. The molecule has 0 saturated carbocycles. The second kappa shape index (κ2) is 6.19. The summed E-state index contributed by atoms with van der Waals surface area (Å²) in [5.41, 5.74) is 2.48. The molecule has 0 aliphatic carbocycles. The number of hydrazine groups is 1. The normalized spacial score (nSPS) is 23.4. The lowest BCUT2D eigenvalue weighted by atomic mass is 9.99. The molecule has 112 valence electrons. The van der Waals surface area contributed by atoms with Gasteiger partial charge in [-0.25, -0.2) is 5.84 Å². The van der Waals surface area contributed by atoms with Crippen LogP contribution in [0.5, 0.6) is 0 Å². The van der Waals surface area contributed by atoms with Gasteiger partial charge in [0.15, 0.2) is 0 Å². The molecule has 20 heavy (non-hydrogen) atoms. The van der Waals surface area contributed by atoms with E-state index in [0.717, 1.165) is 19.4 Å². The van der Waals surface area contributed by atoms with Gasteiger partial charge in [0.05, 0.1) is 0 Å². The Hall–Kier alpha value is -1.67. The minimum absolute atomic E-state index is 0.368. The van der Waals surface area contributed by atoms with Crippen molar-refractivity contribution in [3.63, 3.8) is 0 Å². The molecule has 2 rings (SSSR count). The number of nitrogen functional groups attached to an aromatic ring is 1. The number of nitrogens with one attached hydrogen (secondary N) is 2. The van der Waals surface area contributed by atoms with Crippen LogP contribution >= 0.6 is 0 Å². The molecule has 1 aromatic rings. The van der Waals surface area contributed by atoms with E-state index in [1.54, 1.807) is 0 Å². The van der Waals surface area contributed by atoms with Gasteiger partial charge >= 0.3 is 0 Å². The van der Waals surface area contributed by atoms with Crippen LogP contribution in [-0.2, 0) is 0 Å². The predicted octanol–water partition coefficient (Wildman–Crippen LogP) is 0.118. The monoisotopic (exact) mass is 280 g/mol. The quantitative estimate of drug-likeness (QED) is 0.529. The fraction of sp³-hybridized carbons (Fsp3) is 0.750. The van der Waals surface area contributed by atoms with Crippen molar-refractivity contribution in [1.29, 1.82) is 0 Å². The highest BCUT2D eigenvalue weighted by Gasteiger charge is 2.23. The fourth-order valence-corrected chi connectivity index (χ4v) is 2.30. The number of nitrogens with two attached hydrogens (primary N) is 1. The zero-order valence-corrected chi connectivity index (χ0v) is 12.6. The lowest BCUT2D eigenvalue weighted by Gasteiger charge is -2.35. The number of rotatable bonds is 4. The van der Waals surface area contributed by atoms with Gasteiger partial charge in [0, 0.05) is 32.7 Å². The van der Waals surface area contributed by atoms with Gasteiger partial charge in [-0.05, 0) is 26.8 Å². The van der Waals surface area contributed by atoms with Crippen molar-refractivity contribution in [3.8, 4) is 0 Å². The summed E-state index contributed by atoms with van der Waals surface area (Å²) in [7, 11) is 5.93. The molecule has 2 atom stereocenters. The van der Waals surface area contributed by atoms with Gasteiger partial charge in [-0.1, -0.05) is 0 Å². The largest absolute Gasteiger partial charge is 0.351 e. The maximum absolute atomic E-state index is 5.41. The fourth-order valence-electron chi connectivity index (χ4n) is 2.30. The summed E-state index contributed by atoms with van der Waals surface area (Å²) in [6, 6.07) is 0.938. The maximum atomic E-state index is 5.41. The summed E-state index contributed by atoms with van der Waals surface area (Å²) in [4.78, 5) is 17.0. The third-order valence-electron chi connectivity index (χ3n) is 3.69. The van der Waals surface area contributed by atoms with E-state index >= 15 is 0 Å². The average molecular weight is 280 g/mol. The topological polar surface area (TPSA) is 95.2 Å². The molecule has 1 fully saturated rings. The number of likely N-dealkylation sites (tertiary alicyclic amines) is 1. The Labute approximate surface area is 119 Å². The molecule has 2 heterocycles. The molecule has 8 heteroatoms. The number of hydrogen-bond acceptors (Lipinski definition) is 8. The maximum Gasteiger partial charge on any atom is 0.243 e. The van der Waals surface area contributed by atoms with Crippen molar-refractivity contribution in [2.75, 3.05) is 43.3 Å². The standard InChI is InChI=1S/C12H24N8/c1-8-7-9(5-6-20(8)4)14-10-15-11(18-13)17-12(16-10)19(2)3/h8-9H,5-7,13H2,1-4H3,(H2,14,15,16,17,18). The summed E-state index contributed by atoms with van der Waals surface area (Å²) in [6.07, 6.45) is 2.15. The minimum atomic E-state index is 0.368. The predicted molar refractivity (Wildman–Crippen MR) is 80.7 cm³/mol. The molecule has 0 radical (unpaired) electrons. The molecule has 4 N–H and O–H groups in total. The highest BCUT2D eigenvalue weighted by Crippen LogP contribution is 2.19. The molecule has 1 saturated heterocycles. The van der Waals surface area contributed by atoms with Crippen LogP contribution < -0.4 is 21.5 Å². The van der Waals surface area contributed by atoms with Crippen LogP contribution in [0.1, 0.15) is 19.8 Å². The Kier molecular flexibility index (Phi) is 4.56. The minimum Gasteiger partial charge on any atom is -0.351 e. The van der Waals surface area contributed by atoms with E-state index in [4.69, 9.17) is 5.84 Å². The van der Waals surface area contributed by atoms with Gasteiger partial charge in [0.25, 0.3) is 0 Å². The Balaban J connectivity index is 2.10. The van der Waals surface area contributed by atoms with Gasteiger partial charge in [-0.15, -0.1) is 0 Å². The van der Waals surface area contributed by atoms with Crippen molar-refractivity contribution in [2.24, 2.45) is 5.84 Å². The second-order valence-electron chi connectivity index (χ2n) is 5.52. The molecule has 1 aliphatic heterocycles. The zero-order valence-electron chi connectivity index (χ0n) is 12.6. The molecule has 1 aliphatic rings. The summed E-state index contributed by atoms with van der Waals surface area (Å²) >= 11 is 0. The van der Waals surface area contributed by atoms with Crippen LogP contribution in [0, 0.1) is 0 Å². The lowest BCUT2D eigenvalue weighted by Crippen LogP contribution is -2.43. The van der Waals surface area contributed by atoms with Crippen molar-refractivity contribution in [1.82, 2.24) is 19.9 Å². The number of nitrogens with zero attached hydrogens (tertiary/aromatic N) is 5. The van der Waals surface area contributed by atoms with Crippen molar-refractivity contribution in [3.05, 3.63) is 0 Å². The smallest absolute Gasteiger partial charge is 0.243 e. The van der Waals surface area contributed by atoms with E-state index in [2.05, 4.69) is 44.6 Å². The Bertz CT molecular complexity index is 449. The highest BCUT2D eigenvalue weighted by molar-refractivity contribution is 5.42. The van der Waals surface area contributed by atoms with Gasteiger partial charge in [-0.2, -0.15) is 15.0 Å². The van der Waals surface area contributed by atoms with Crippen molar-refractivity contribution >= 4 is 17.8 Å². The lowest BCUT2D eigenvalue weighted by molar-refractivity contribution is 0.190. The van der Waals surface area contributed by atoms with Gasteiger partial charge in [0.1, 0.15) is 0 Å². The molecule has 0 amide bonds. The number of anilines is 3. The molecule has 2 unspecified atom stereocenters. The molecular weight excluding hydrogens is 256 g/mol. The number of piperidine rings is 1. The van der Waals surface area contributed by atoms with Gasteiger partial charge < -0.3 is 15.1 Å². The molecule has 1 aromatic heterocycles. The van der Waals surface area contributed by atoms with Crippen LogP contribution in [0.25, 0.3) is 0 Å². The Morgan fingerprint density at radius 3 is 2.55 bits per heavy atom. The highest BCUT2D eigenvalue weighted by atomic mass is 15.4. The van der Waals surface area contributed by atoms with E-state index in [1.165, 1.54) is 0 Å².